The monoisotopic (exact) mass is 256 g/mol. The summed E-state index contributed by atoms with van der Waals surface area (Å²) < 4.78 is 46.0. The van der Waals surface area contributed by atoms with Gasteiger partial charge in [-0.1, -0.05) is 16.8 Å². The van der Waals surface area contributed by atoms with Crippen LogP contribution in [0.25, 0.3) is 10.9 Å². The zero-order valence-electron chi connectivity index (χ0n) is 8.71. The highest BCUT2D eigenvalue weighted by Crippen LogP contribution is 2.12. The van der Waals surface area contributed by atoms with Gasteiger partial charge in [0.05, 0.1) is 5.75 Å². The standard InChI is InChI=1S/C10H9FN2O3S/c11-9-3-1-2-8-4-5-13(12-10(8)9)6-7-17(14,15)16/h1-5H,6-7H2. The van der Waals surface area contributed by atoms with Crippen LogP contribution in [0.5, 0.6) is 0 Å². The number of benzene rings is 1. The summed E-state index contributed by atoms with van der Waals surface area (Å²) in [4.78, 5) is 0. The van der Waals surface area contributed by atoms with Crippen LogP contribution in [-0.2, 0) is 16.7 Å². The van der Waals surface area contributed by atoms with Gasteiger partial charge in [-0.05, 0) is 6.07 Å². The van der Waals surface area contributed by atoms with Gasteiger partial charge in [0.15, 0.2) is 24.1 Å². The van der Waals surface area contributed by atoms with Crippen LogP contribution >= 0.6 is 0 Å². The molecular formula is C10H9FN2O3S. The third-order valence-corrected chi connectivity index (χ3v) is 2.93. The van der Waals surface area contributed by atoms with E-state index in [9.17, 15) is 17.4 Å². The van der Waals surface area contributed by atoms with Crippen molar-refractivity contribution in [3.05, 3.63) is 36.3 Å². The molecular weight excluding hydrogens is 247 g/mol. The molecule has 2 rings (SSSR count). The molecule has 0 unspecified atom stereocenters. The molecule has 0 bridgehead atoms. The molecule has 7 heteroatoms. The minimum Gasteiger partial charge on any atom is -0.748 e. The van der Waals surface area contributed by atoms with Gasteiger partial charge < -0.3 is 4.55 Å². The maximum absolute atomic E-state index is 13.4. The Kier molecular flexibility index (Phi) is 3.03. The van der Waals surface area contributed by atoms with Crippen molar-refractivity contribution in [2.75, 3.05) is 5.75 Å². The maximum Gasteiger partial charge on any atom is 0.196 e. The number of hydrogen-bond acceptors (Lipinski definition) is 4. The largest absolute Gasteiger partial charge is 0.748 e. The van der Waals surface area contributed by atoms with Crippen LogP contribution in [0.2, 0.25) is 0 Å². The van der Waals surface area contributed by atoms with Crippen molar-refractivity contribution < 1.29 is 22.0 Å². The van der Waals surface area contributed by atoms with Crippen LogP contribution in [0.4, 0.5) is 4.39 Å². The summed E-state index contributed by atoms with van der Waals surface area (Å²) >= 11 is 0. The van der Waals surface area contributed by atoms with E-state index < -0.39 is 21.7 Å². The Morgan fingerprint density at radius 2 is 2.12 bits per heavy atom. The quantitative estimate of drug-likeness (QED) is 0.581. The second kappa shape index (κ2) is 4.34. The van der Waals surface area contributed by atoms with Crippen molar-refractivity contribution in [3.8, 4) is 0 Å². The molecule has 0 aliphatic carbocycles. The second-order valence-electron chi connectivity index (χ2n) is 3.52. The fourth-order valence-corrected chi connectivity index (χ4v) is 1.84. The molecule has 1 aromatic heterocycles. The summed E-state index contributed by atoms with van der Waals surface area (Å²) in [5.41, 5.74) is 0.151. The molecule has 0 saturated carbocycles. The van der Waals surface area contributed by atoms with Gasteiger partial charge in [-0.25, -0.2) is 12.8 Å². The molecule has 0 spiro atoms. The molecule has 0 saturated heterocycles. The summed E-state index contributed by atoms with van der Waals surface area (Å²) in [6.07, 6.45) is 1.51. The van der Waals surface area contributed by atoms with E-state index in [0.717, 1.165) is 0 Å². The molecule has 0 radical (unpaired) electrons. The molecule has 1 heterocycles. The fraction of sp³-hybridized carbons (Fsp3) is 0.200. The Hall–Kier alpha value is -1.60. The van der Waals surface area contributed by atoms with Crippen LogP contribution in [-0.4, -0.2) is 23.8 Å². The zero-order valence-corrected chi connectivity index (χ0v) is 9.52. The number of rotatable bonds is 3. The van der Waals surface area contributed by atoms with E-state index in [1.165, 1.54) is 16.9 Å². The predicted octanol–water partition coefficient (Wildman–Crippen LogP) is 0.207. The molecule has 5 nitrogen and oxygen atoms in total. The first kappa shape index (κ1) is 11.9. The predicted molar refractivity (Wildman–Crippen MR) is 56.5 cm³/mol. The summed E-state index contributed by atoms with van der Waals surface area (Å²) in [6, 6.07) is 6.14. The van der Waals surface area contributed by atoms with Crippen LogP contribution in [0.15, 0.2) is 30.5 Å². The molecule has 2 aromatic rings. The summed E-state index contributed by atoms with van der Waals surface area (Å²) in [7, 11) is -4.29. The average molecular weight is 256 g/mol. The second-order valence-corrected chi connectivity index (χ2v) is 5.04. The highest BCUT2D eigenvalue weighted by molar-refractivity contribution is 7.85. The molecule has 0 aliphatic rings. The first-order chi connectivity index (χ1) is 7.96. The van der Waals surface area contributed by atoms with Crippen LogP contribution < -0.4 is 4.68 Å². The smallest absolute Gasteiger partial charge is 0.196 e. The molecule has 90 valence electrons. The molecule has 0 N–H and O–H groups in total. The van der Waals surface area contributed by atoms with Gasteiger partial charge in [-0.3, -0.25) is 0 Å². The topological polar surface area (TPSA) is 74.0 Å². The van der Waals surface area contributed by atoms with Gasteiger partial charge in [-0.15, -0.1) is 0 Å². The minimum absolute atomic E-state index is 0.0872. The number of aryl methyl sites for hydroxylation is 1. The van der Waals surface area contributed by atoms with E-state index in [0.29, 0.717) is 5.39 Å². The number of aromatic nitrogens is 2. The van der Waals surface area contributed by atoms with E-state index in [4.69, 9.17) is 0 Å². The van der Waals surface area contributed by atoms with Gasteiger partial charge in [0.25, 0.3) is 0 Å². The molecule has 0 fully saturated rings. The Morgan fingerprint density at radius 1 is 1.35 bits per heavy atom. The van der Waals surface area contributed by atoms with E-state index in [1.807, 2.05) is 0 Å². The van der Waals surface area contributed by atoms with Crippen molar-refractivity contribution in [1.82, 2.24) is 5.10 Å². The van der Waals surface area contributed by atoms with E-state index >= 15 is 0 Å². The summed E-state index contributed by atoms with van der Waals surface area (Å²) in [6.45, 7) is -0.0872. The lowest BCUT2D eigenvalue weighted by molar-refractivity contribution is -0.747. The van der Waals surface area contributed by atoms with Crippen molar-refractivity contribution in [1.29, 1.82) is 0 Å². The molecule has 0 amide bonds. The Labute approximate surface area is 97.3 Å². The molecule has 17 heavy (non-hydrogen) atoms. The van der Waals surface area contributed by atoms with Crippen LogP contribution in [0.1, 0.15) is 0 Å². The third-order valence-electron chi connectivity index (χ3n) is 2.24. The van der Waals surface area contributed by atoms with Crippen molar-refractivity contribution >= 4 is 21.0 Å². The summed E-state index contributed by atoms with van der Waals surface area (Å²) in [5, 5.41) is 4.53. The first-order valence-corrected chi connectivity index (χ1v) is 6.42. The Balaban J connectivity index is 2.34. The highest BCUT2D eigenvalue weighted by atomic mass is 32.2. The van der Waals surface area contributed by atoms with Crippen LogP contribution in [0, 0.1) is 5.82 Å². The minimum atomic E-state index is -4.29. The lowest BCUT2D eigenvalue weighted by Crippen LogP contribution is -2.40. The lowest BCUT2D eigenvalue weighted by atomic mass is 10.2. The maximum atomic E-state index is 13.4. The SMILES string of the molecule is O=S(=O)([O-])CC[n+]1ccc2cccc(F)c2n1. The normalized spacial score (nSPS) is 11.9. The number of nitrogens with zero attached hydrogens (tertiary/aromatic N) is 2. The van der Waals surface area contributed by atoms with Crippen molar-refractivity contribution in [2.45, 2.75) is 6.54 Å². The van der Waals surface area contributed by atoms with E-state index in [1.54, 1.807) is 18.2 Å². The molecule has 0 aliphatic heterocycles. The van der Waals surface area contributed by atoms with Gasteiger partial charge in [0.2, 0.25) is 0 Å². The van der Waals surface area contributed by atoms with E-state index in [-0.39, 0.29) is 12.1 Å². The van der Waals surface area contributed by atoms with Crippen molar-refractivity contribution in [3.63, 3.8) is 0 Å². The lowest BCUT2D eigenvalue weighted by Gasteiger charge is -2.02. The van der Waals surface area contributed by atoms with Gasteiger partial charge in [-0.2, -0.15) is 0 Å². The number of halogens is 1. The molecule has 0 atom stereocenters. The van der Waals surface area contributed by atoms with Gasteiger partial charge in [0, 0.05) is 16.6 Å². The zero-order chi connectivity index (χ0) is 12.5. The third kappa shape index (κ3) is 2.95. The highest BCUT2D eigenvalue weighted by Gasteiger charge is 2.10. The number of hydrogen-bond donors (Lipinski definition) is 0. The van der Waals surface area contributed by atoms with Crippen LogP contribution in [0.3, 0.4) is 0 Å². The molecule has 1 aromatic carbocycles. The summed E-state index contributed by atoms with van der Waals surface area (Å²) in [5.74, 6) is -1.05. The number of fused-ring (bicyclic) bond motifs is 1. The van der Waals surface area contributed by atoms with Gasteiger partial charge in [0.1, 0.15) is 10.1 Å². The van der Waals surface area contributed by atoms with Gasteiger partial charge >= 0.3 is 0 Å². The van der Waals surface area contributed by atoms with E-state index in [2.05, 4.69) is 5.10 Å². The van der Waals surface area contributed by atoms with Crippen molar-refractivity contribution in [2.24, 2.45) is 0 Å². The Morgan fingerprint density at radius 3 is 2.82 bits per heavy atom. The Bertz CT molecular complexity index is 658. The average Bonchev–Trinajstić information content (AvgIpc) is 2.26. The fourth-order valence-electron chi connectivity index (χ4n) is 1.43. The first-order valence-electron chi connectivity index (χ1n) is 4.84.